The molecule has 2 unspecified atom stereocenters. The molecule has 3 heteroatoms. The molecule has 1 aliphatic carbocycles. The van der Waals surface area contributed by atoms with Gasteiger partial charge in [0.1, 0.15) is 0 Å². The summed E-state index contributed by atoms with van der Waals surface area (Å²) >= 11 is 0. The summed E-state index contributed by atoms with van der Waals surface area (Å²) in [5, 5.41) is 3.72. The lowest BCUT2D eigenvalue weighted by Gasteiger charge is -2.51. The van der Waals surface area contributed by atoms with Gasteiger partial charge in [-0.1, -0.05) is 19.8 Å². The predicted molar refractivity (Wildman–Crippen MR) is 87.7 cm³/mol. The fraction of sp³-hybridized carbons (Fsp3) is 1.00. The Bertz CT molecular complexity index is 375. The highest BCUT2D eigenvalue weighted by atomic mass is 16.5. The lowest BCUT2D eigenvalue weighted by Crippen LogP contribution is -2.67. The average Bonchev–Trinajstić information content (AvgIpc) is 3.05. The molecule has 0 bridgehead atoms. The molecule has 2 heterocycles. The number of hydrogen-bond acceptors (Lipinski definition) is 3. The first-order valence-electron chi connectivity index (χ1n) is 9.04. The van der Waals surface area contributed by atoms with E-state index in [0.717, 1.165) is 19.6 Å². The van der Waals surface area contributed by atoms with E-state index in [4.69, 9.17) is 4.74 Å². The fourth-order valence-electron chi connectivity index (χ4n) is 4.56. The highest BCUT2D eigenvalue weighted by molar-refractivity contribution is 5.01. The zero-order valence-corrected chi connectivity index (χ0v) is 14.5. The van der Waals surface area contributed by atoms with Crippen LogP contribution in [0.4, 0.5) is 0 Å². The molecule has 0 aromatic heterocycles. The molecule has 2 saturated heterocycles. The minimum Gasteiger partial charge on any atom is -0.370 e. The molecule has 3 aliphatic rings. The maximum Gasteiger partial charge on any atom is 0.0710 e. The summed E-state index contributed by atoms with van der Waals surface area (Å²) in [5.41, 5.74) is 0.777. The van der Waals surface area contributed by atoms with Gasteiger partial charge in [0, 0.05) is 30.7 Å². The lowest BCUT2D eigenvalue weighted by molar-refractivity contribution is -0.0711. The molecule has 3 rings (SSSR count). The van der Waals surface area contributed by atoms with E-state index in [0.29, 0.717) is 6.10 Å². The summed E-state index contributed by atoms with van der Waals surface area (Å²) in [6, 6.07) is 0. The standard InChI is InChI=1S/C18H34N2O/c1-5-17(4)13-19-16(2,3)14-20(17)12-15-8-11-18(21-15)9-6-7-10-18/h15,19H,5-14H2,1-4H3. The Morgan fingerprint density at radius 3 is 2.52 bits per heavy atom. The van der Waals surface area contributed by atoms with Gasteiger partial charge in [0.15, 0.2) is 0 Å². The van der Waals surface area contributed by atoms with Gasteiger partial charge >= 0.3 is 0 Å². The maximum atomic E-state index is 6.56. The van der Waals surface area contributed by atoms with Gasteiger partial charge in [0.25, 0.3) is 0 Å². The smallest absolute Gasteiger partial charge is 0.0710 e. The van der Waals surface area contributed by atoms with Crippen molar-refractivity contribution in [3.63, 3.8) is 0 Å². The van der Waals surface area contributed by atoms with Gasteiger partial charge in [0.05, 0.1) is 11.7 Å². The third kappa shape index (κ3) is 3.16. The van der Waals surface area contributed by atoms with Crippen LogP contribution in [0, 0.1) is 0 Å². The first kappa shape index (κ1) is 15.8. The Morgan fingerprint density at radius 2 is 1.86 bits per heavy atom. The molecule has 2 aliphatic heterocycles. The van der Waals surface area contributed by atoms with Crippen LogP contribution in [0.5, 0.6) is 0 Å². The molecule has 0 amide bonds. The second-order valence-corrected chi connectivity index (χ2v) is 8.64. The van der Waals surface area contributed by atoms with Crippen LogP contribution in [0.1, 0.15) is 72.6 Å². The van der Waals surface area contributed by atoms with E-state index in [1.165, 1.54) is 44.9 Å². The molecular weight excluding hydrogens is 260 g/mol. The summed E-state index contributed by atoms with van der Waals surface area (Å²) < 4.78 is 6.56. The third-order valence-electron chi connectivity index (χ3n) is 6.34. The van der Waals surface area contributed by atoms with Crippen LogP contribution >= 0.6 is 0 Å². The number of nitrogens with zero attached hydrogens (tertiary/aromatic N) is 1. The average molecular weight is 294 g/mol. The fourth-order valence-corrected chi connectivity index (χ4v) is 4.56. The first-order chi connectivity index (χ1) is 9.87. The Hall–Kier alpha value is -0.120. The van der Waals surface area contributed by atoms with E-state index in [-0.39, 0.29) is 16.7 Å². The Morgan fingerprint density at radius 1 is 1.14 bits per heavy atom. The molecule has 0 aromatic rings. The van der Waals surface area contributed by atoms with Gasteiger partial charge in [-0.15, -0.1) is 0 Å². The summed E-state index contributed by atoms with van der Waals surface area (Å²) in [4.78, 5) is 2.71. The highest BCUT2D eigenvalue weighted by Gasteiger charge is 2.45. The monoisotopic (exact) mass is 294 g/mol. The Balaban J connectivity index is 1.64. The van der Waals surface area contributed by atoms with Crippen molar-refractivity contribution >= 4 is 0 Å². The van der Waals surface area contributed by atoms with Crippen molar-refractivity contribution in [1.82, 2.24) is 10.2 Å². The zero-order chi connectivity index (χ0) is 15.1. The van der Waals surface area contributed by atoms with Gasteiger partial charge in [-0.3, -0.25) is 4.90 Å². The summed E-state index contributed by atoms with van der Waals surface area (Å²) in [7, 11) is 0. The number of nitrogens with one attached hydrogen (secondary N) is 1. The molecule has 0 aromatic carbocycles. The van der Waals surface area contributed by atoms with E-state index in [2.05, 4.69) is 37.9 Å². The van der Waals surface area contributed by atoms with Crippen molar-refractivity contribution in [3.05, 3.63) is 0 Å². The molecule has 1 spiro atoms. The van der Waals surface area contributed by atoms with Gasteiger partial charge in [-0.2, -0.15) is 0 Å². The summed E-state index contributed by atoms with van der Waals surface area (Å²) in [6.07, 6.45) is 9.60. The van der Waals surface area contributed by atoms with Gasteiger partial charge < -0.3 is 10.1 Å². The Labute approximate surface area is 130 Å². The van der Waals surface area contributed by atoms with Crippen molar-refractivity contribution in [3.8, 4) is 0 Å². The van der Waals surface area contributed by atoms with E-state index in [1.54, 1.807) is 0 Å². The van der Waals surface area contributed by atoms with E-state index in [1.807, 2.05) is 0 Å². The molecular formula is C18H34N2O. The van der Waals surface area contributed by atoms with Crippen LogP contribution in [0.3, 0.4) is 0 Å². The van der Waals surface area contributed by atoms with Gasteiger partial charge in [-0.25, -0.2) is 0 Å². The molecule has 1 N–H and O–H groups in total. The summed E-state index contributed by atoms with van der Waals surface area (Å²) in [6.45, 7) is 12.7. The molecule has 21 heavy (non-hydrogen) atoms. The van der Waals surface area contributed by atoms with Crippen molar-refractivity contribution in [2.75, 3.05) is 19.6 Å². The van der Waals surface area contributed by atoms with Crippen molar-refractivity contribution in [2.45, 2.75) is 95.4 Å². The van der Waals surface area contributed by atoms with Crippen LogP contribution in [0.15, 0.2) is 0 Å². The zero-order valence-electron chi connectivity index (χ0n) is 14.5. The maximum absolute atomic E-state index is 6.56. The van der Waals surface area contributed by atoms with Gasteiger partial charge in [0.2, 0.25) is 0 Å². The minimum atomic E-state index is 0.221. The van der Waals surface area contributed by atoms with E-state index < -0.39 is 0 Å². The predicted octanol–water partition coefficient (Wildman–Crippen LogP) is 3.33. The van der Waals surface area contributed by atoms with Crippen LogP contribution in [-0.2, 0) is 4.74 Å². The molecule has 3 nitrogen and oxygen atoms in total. The largest absolute Gasteiger partial charge is 0.370 e. The number of piperazine rings is 1. The Kier molecular flexibility index (Phi) is 4.13. The van der Waals surface area contributed by atoms with Crippen molar-refractivity contribution in [2.24, 2.45) is 0 Å². The highest BCUT2D eigenvalue weighted by Crippen LogP contribution is 2.44. The second-order valence-electron chi connectivity index (χ2n) is 8.64. The van der Waals surface area contributed by atoms with Crippen LogP contribution < -0.4 is 5.32 Å². The molecule has 0 radical (unpaired) electrons. The lowest BCUT2D eigenvalue weighted by atomic mass is 9.87. The minimum absolute atomic E-state index is 0.221. The molecule has 3 fully saturated rings. The molecule has 2 atom stereocenters. The topological polar surface area (TPSA) is 24.5 Å². The van der Waals surface area contributed by atoms with Crippen molar-refractivity contribution < 1.29 is 4.74 Å². The SMILES string of the molecule is CCC1(C)CNC(C)(C)CN1CC1CCC2(CCCC2)O1. The number of ether oxygens (including phenoxy) is 1. The van der Waals surface area contributed by atoms with E-state index >= 15 is 0 Å². The van der Waals surface area contributed by atoms with Crippen LogP contribution in [0.25, 0.3) is 0 Å². The third-order valence-corrected chi connectivity index (χ3v) is 6.34. The first-order valence-corrected chi connectivity index (χ1v) is 9.04. The van der Waals surface area contributed by atoms with Crippen LogP contribution in [0.2, 0.25) is 0 Å². The molecule has 1 saturated carbocycles. The summed E-state index contributed by atoms with van der Waals surface area (Å²) in [5.74, 6) is 0. The molecule has 122 valence electrons. The number of rotatable bonds is 3. The quantitative estimate of drug-likeness (QED) is 0.864. The van der Waals surface area contributed by atoms with Crippen molar-refractivity contribution in [1.29, 1.82) is 0 Å². The van der Waals surface area contributed by atoms with Gasteiger partial charge in [-0.05, 0) is 52.9 Å². The second kappa shape index (κ2) is 5.50. The van der Waals surface area contributed by atoms with Crippen LogP contribution in [-0.4, -0.2) is 47.3 Å². The normalized spacial score (nSPS) is 39.1. The van der Waals surface area contributed by atoms with E-state index in [9.17, 15) is 0 Å². The number of hydrogen-bond donors (Lipinski definition) is 1.